The van der Waals surface area contributed by atoms with Gasteiger partial charge in [-0.25, -0.2) is 8.42 Å². The van der Waals surface area contributed by atoms with Gasteiger partial charge < -0.3 is 10.2 Å². The van der Waals surface area contributed by atoms with E-state index in [0.717, 1.165) is 52.9 Å². The van der Waals surface area contributed by atoms with Crippen molar-refractivity contribution in [1.82, 2.24) is 10.2 Å². The minimum Gasteiger partial charge on any atom is -0.352 e. The molecule has 1 unspecified atom stereocenters. The lowest BCUT2D eigenvalue weighted by Gasteiger charge is -2.33. The van der Waals surface area contributed by atoms with Gasteiger partial charge >= 0.3 is 0 Å². The number of rotatable bonds is 10. The Kier molecular flexibility index (Phi) is 9.17. The van der Waals surface area contributed by atoms with Gasteiger partial charge in [0.1, 0.15) is 12.6 Å². The highest BCUT2D eigenvalue weighted by Gasteiger charge is 2.32. The second-order valence-electron chi connectivity index (χ2n) is 10.1. The summed E-state index contributed by atoms with van der Waals surface area (Å²) >= 11 is 0. The zero-order valence-corrected chi connectivity index (χ0v) is 22.8. The Morgan fingerprint density at radius 2 is 1.61 bits per heavy atom. The molecule has 0 saturated heterocycles. The van der Waals surface area contributed by atoms with E-state index in [0.29, 0.717) is 5.69 Å². The first-order chi connectivity index (χ1) is 17.0. The maximum Gasteiger partial charge on any atom is 0.244 e. The number of hydrogen-bond acceptors (Lipinski definition) is 4. The fourth-order valence-electron chi connectivity index (χ4n) is 4.74. The molecule has 1 N–H and O–H groups in total. The largest absolute Gasteiger partial charge is 0.352 e. The van der Waals surface area contributed by atoms with Crippen LogP contribution >= 0.6 is 0 Å². The number of hydrogen-bond donors (Lipinski definition) is 1. The monoisotopic (exact) mass is 513 g/mol. The van der Waals surface area contributed by atoms with Crippen LogP contribution < -0.4 is 9.62 Å². The van der Waals surface area contributed by atoms with E-state index >= 15 is 0 Å². The van der Waals surface area contributed by atoms with Crippen LogP contribution in [0.1, 0.15) is 69.1 Å². The molecule has 1 atom stereocenters. The third-order valence-electron chi connectivity index (χ3n) is 6.98. The van der Waals surface area contributed by atoms with E-state index in [9.17, 15) is 18.0 Å². The summed E-state index contributed by atoms with van der Waals surface area (Å²) in [7, 11) is -3.76. The van der Waals surface area contributed by atoms with E-state index in [4.69, 9.17) is 0 Å². The number of carbonyl (C=O) groups excluding carboxylic acids is 2. The maximum atomic E-state index is 13.8. The number of carbonyl (C=O) groups is 2. The van der Waals surface area contributed by atoms with Crippen molar-refractivity contribution in [3.8, 4) is 0 Å². The van der Waals surface area contributed by atoms with Crippen LogP contribution in [0.2, 0.25) is 0 Å². The van der Waals surface area contributed by atoms with Crippen molar-refractivity contribution in [1.29, 1.82) is 0 Å². The summed E-state index contributed by atoms with van der Waals surface area (Å²) in [6, 6.07) is 14.3. The number of nitrogens with one attached hydrogen (secondary N) is 1. The molecule has 2 aromatic rings. The van der Waals surface area contributed by atoms with E-state index in [1.54, 1.807) is 19.1 Å². The molecule has 8 heteroatoms. The number of anilines is 1. The molecule has 3 rings (SSSR count). The molecule has 196 valence electrons. The van der Waals surface area contributed by atoms with Crippen LogP contribution in [-0.4, -0.2) is 50.0 Å². The standard InChI is InChI=1S/C28H39N3O4S/c1-20(2)25-16-10-11-17-26(25)31(36(5,34)35)19-27(32)30(18-23-13-7-6-12-21(23)3)22(4)28(33)29-24-14-8-9-15-24/h6-7,10-13,16-17,20,22,24H,8-9,14-15,18-19H2,1-5H3,(H,29,33). The second kappa shape index (κ2) is 11.9. The molecule has 2 amide bonds. The van der Waals surface area contributed by atoms with Crippen molar-refractivity contribution in [3.05, 3.63) is 65.2 Å². The molecule has 1 aliphatic rings. The van der Waals surface area contributed by atoms with Gasteiger partial charge in [-0.3, -0.25) is 13.9 Å². The maximum absolute atomic E-state index is 13.8. The number of benzene rings is 2. The first-order valence-electron chi connectivity index (χ1n) is 12.7. The topological polar surface area (TPSA) is 86.8 Å². The third-order valence-corrected chi connectivity index (χ3v) is 8.10. The normalized spacial score (nSPS) is 15.1. The SMILES string of the molecule is Cc1ccccc1CN(C(=O)CN(c1ccccc1C(C)C)S(C)(=O)=O)C(C)C(=O)NC1CCCC1. The Balaban J connectivity index is 1.94. The van der Waals surface area contributed by atoms with Crippen molar-refractivity contribution < 1.29 is 18.0 Å². The molecule has 0 spiro atoms. The van der Waals surface area contributed by atoms with Gasteiger partial charge in [0.2, 0.25) is 21.8 Å². The Morgan fingerprint density at radius 1 is 1.00 bits per heavy atom. The average Bonchev–Trinajstić information content (AvgIpc) is 3.33. The first kappa shape index (κ1) is 27.7. The van der Waals surface area contributed by atoms with Crippen LogP contribution in [0.3, 0.4) is 0 Å². The van der Waals surface area contributed by atoms with Crippen LogP contribution in [-0.2, 0) is 26.2 Å². The molecule has 1 fully saturated rings. The lowest BCUT2D eigenvalue weighted by molar-refractivity contribution is -0.139. The van der Waals surface area contributed by atoms with Gasteiger partial charge in [-0.1, -0.05) is 69.2 Å². The zero-order valence-electron chi connectivity index (χ0n) is 22.0. The van der Waals surface area contributed by atoms with Crippen molar-refractivity contribution in [2.75, 3.05) is 17.1 Å². The van der Waals surface area contributed by atoms with E-state index in [1.165, 1.54) is 4.90 Å². The number of nitrogens with zero attached hydrogens (tertiary/aromatic N) is 2. The fraction of sp³-hybridized carbons (Fsp3) is 0.500. The minimum absolute atomic E-state index is 0.0692. The molecule has 0 bridgehead atoms. The van der Waals surface area contributed by atoms with Gasteiger partial charge in [0.25, 0.3) is 0 Å². The van der Waals surface area contributed by atoms with Crippen LogP contribution in [0, 0.1) is 6.92 Å². The molecule has 7 nitrogen and oxygen atoms in total. The average molecular weight is 514 g/mol. The first-order valence-corrected chi connectivity index (χ1v) is 14.5. The molecule has 0 aromatic heterocycles. The Labute approximate surface area is 215 Å². The highest BCUT2D eigenvalue weighted by Crippen LogP contribution is 2.29. The third kappa shape index (κ3) is 6.87. The Bertz CT molecular complexity index is 1170. The number of para-hydroxylation sites is 1. The zero-order chi connectivity index (χ0) is 26.5. The smallest absolute Gasteiger partial charge is 0.244 e. The lowest BCUT2D eigenvalue weighted by Crippen LogP contribution is -2.52. The van der Waals surface area contributed by atoms with Crippen molar-refractivity contribution in [2.24, 2.45) is 0 Å². The second-order valence-corrected chi connectivity index (χ2v) is 12.0. The van der Waals surface area contributed by atoms with Crippen molar-refractivity contribution in [3.63, 3.8) is 0 Å². The van der Waals surface area contributed by atoms with Gasteiger partial charge in [0.15, 0.2) is 0 Å². The molecule has 0 aliphatic heterocycles. The predicted molar refractivity (Wildman–Crippen MR) is 144 cm³/mol. The molecular weight excluding hydrogens is 474 g/mol. The summed E-state index contributed by atoms with van der Waals surface area (Å²) in [6.07, 6.45) is 5.17. The molecule has 1 saturated carbocycles. The lowest BCUT2D eigenvalue weighted by atomic mass is 10.0. The summed E-state index contributed by atoms with van der Waals surface area (Å²) in [5, 5.41) is 3.09. The van der Waals surface area contributed by atoms with Crippen molar-refractivity contribution >= 4 is 27.5 Å². The minimum atomic E-state index is -3.76. The van der Waals surface area contributed by atoms with E-state index in [2.05, 4.69) is 5.32 Å². The van der Waals surface area contributed by atoms with E-state index < -0.39 is 22.0 Å². The predicted octanol–water partition coefficient (Wildman–Crippen LogP) is 4.36. The number of sulfonamides is 1. The molecule has 36 heavy (non-hydrogen) atoms. The van der Waals surface area contributed by atoms with Crippen molar-refractivity contribution in [2.45, 2.75) is 77.9 Å². The Morgan fingerprint density at radius 3 is 2.22 bits per heavy atom. The summed E-state index contributed by atoms with van der Waals surface area (Å²) in [5.41, 5.74) is 3.25. The summed E-state index contributed by atoms with van der Waals surface area (Å²) in [6.45, 7) is 7.49. The van der Waals surface area contributed by atoms with Crippen LogP contribution in [0.5, 0.6) is 0 Å². The summed E-state index contributed by atoms with van der Waals surface area (Å²) in [4.78, 5) is 28.5. The molecule has 1 aliphatic carbocycles. The van der Waals surface area contributed by atoms with Crippen LogP contribution in [0.15, 0.2) is 48.5 Å². The molecular formula is C28H39N3O4S. The van der Waals surface area contributed by atoms with Gasteiger partial charge in [-0.05, 0) is 55.4 Å². The van der Waals surface area contributed by atoms with Gasteiger partial charge in [0.05, 0.1) is 11.9 Å². The molecule has 0 radical (unpaired) electrons. The summed E-state index contributed by atoms with van der Waals surface area (Å²) < 4.78 is 26.9. The highest BCUT2D eigenvalue weighted by molar-refractivity contribution is 7.92. The fourth-order valence-corrected chi connectivity index (χ4v) is 5.61. The van der Waals surface area contributed by atoms with E-state index in [-0.39, 0.29) is 31.0 Å². The molecule has 2 aromatic carbocycles. The van der Waals surface area contributed by atoms with E-state index in [1.807, 2.05) is 57.2 Å². The van der Waals surface area contributed by atoms with Crippen LogP contribution in [0.4, 0.5) is 5.69 Å². The summed E-state index contributed by atoms with van der Waals surface area (Å²) in [5.74, 6) is -0.562. The van der Waals surface area contributed by atoms with Gasteiger partial charge in [0, 0.05) is 12.6 Å². The van der Waals surface area contributed by atoms with Crippen LogP contribution in [0.25, 0.3) is 0 Å². The quantitative estimate of drug-likeness (QED) is 0.511. The highest BCUT2D eigenvalue weighted by atomic mass is 32.2. The van der Waals surface area contributed by atoms with Gasteiger partial charge in [-0.2, -0.15) is 0 Å². The van der Waals surface area contributed by atoms with Gasteiger partial charge in [-0.15, -0.1) is 0 Å². The molecule has 0 heterocycles. The Hall–Kier alpha value is -2.87. The number of amides is 2. The number of aryl methyl sites for hydroxylation is 1.